The van der Waals surface area contributed by atoms with Crippen molar-refractivity contribution in [1.29, 1.82) is 0 Å². The molecule has 0 saturated carbocycles. The number of imidazole rings is 1. The van der Waals surface area contributed by atoms with Crippen molar-refractivity contribution < 1.29 is 22.7 Å². The van der Waals surface area contributed by atoms with Crippen LogP contribution in [0.25, 0.3) is 11.2 Å². The van der Waals surface area contributed by atoms with E-state index in [1.165, 1.54) is 12.3 Å². The number of aromatic nitrogens is 4. The highest BCUT2D eigenvalue weighted by atomic mass is 32.2. The summed E-state index contributed by atoms with van der Waals surface area (Å²) in [5.41, 5.74) is 3.52. The van der Waals surface area contributed by atoms with Gasteiger partial charge in [-0.2, -0.15) is 9.97 Å². The number of carbonyl (C=O) groups excluding carboxylic acids is 1. The van der Waals surface area contributed by atoms with Gasteiger partial charge in [0.1, 0.15) is 21.8 Å². The van der Waals surface area contributed by atoms with Crippen molar-refractivity contribution in [3.63, 3.8) is 0 Å². The van der Waals surface area contributed by atoms with E-state index >= 15 is 0 Å². The van der Waals surface area contributed by atoms with Crippen molar-refractivity contribution in [1.82, 2.24) is 24.4 Å². The minimum atomic E-state index is -2.97. The van der Waals surface area contributed by atoms with Gasteiger partial charge in [0.2, 0.25) is 11.9 Å². The maximum atomic E-state index is 11.8. The lowest BCUT2D eigenvalue weighted by molar-refractivity contribution is -0.111. The van der Waals surface area contributed by atoms with Gasteiger partial charge < -0.3 is 25.0 Å². The van der Waals surface area contributed by atoms with Crippen LogP contribution in [-0.4, -0.2) is 90.1 Å². The number of anilines is 4. The molecule has 46 heavy (non-hydrogen) atoms. The summed E-state index contributed by atoms with van der Waals surface area (Å²) >= 11 is 0. The summed E-state index contributed by atoms with van der Waals surface area (Å²) in [6, 6.07) is 15.1. The Morgan fingerprint density at radius 2 is 1.89 bits per heavy atom. The number of fused-ring (bicyclic) bond motifs is 1. The topological polar surface area (TPSA) is 144 Å². The van der Waals surface area contributed by atoms with Gasteiger partial charge in [-0.15, -0.1) is 0 Å². The third-order valence-electron chi connectivity index (χ3n) is 8.00. The van der Waals surface area contributed by atoms with Crippen molar-refractivity contribution in [2.75, 3.05) is 66.9 Å². The zero-order valence-electron chi connectivity index (χ0n) is 25.8. The molecule has 0 spiro atoms. The molecule has 2 aliphatic heterocycles. The number of hydrogen-bond acceptors (Lipinski definition) is 11. The first kappa shape index (κ1) is 31.5. The summed E-state index contributed by atoms with van der Waals surface area (Å²) in [6.07, 6.45) is 6.94. The first-order chi connectivity index (χ1) is 22.2. The molecule has 2 aromatic carbocycles. The molecule has 6 rings (SSSR count). The highest BCUT2D eigenvalue weighted by Gasteiger charge is 2.23. The second kappa shape index (κ2) is 13.8. The van der Waals surface area contributed by atoms with Gasteiger partial charge in [-0.3, -0.25) is 14.3 Å². The van der Waals surface area contributed by atoms with Crippen molar-refractivity contribution in [3.05, 3.63) is 67.5 Å². The van der Waals surface area contributed by atoms with Gasteiger partial charge in [-0.1, -0.05) is 12.6 Å². The molecule has 2 N–H and O–H groups in total. The summed E-state index contributed by atoms with van der Waals surface area (Å²) in [5, 5.41) is 6.06. The Kier molecular flexibility index (Phi) is 9.47. The molecule has 2 saturated heterocycles. The van der Waals surface area contributed by atoms with Crippen molar-refractivity contribution in [2.24, 2.45) is 0 Å². The Morgan fingerprint density at radius 3 is 2.61 bits per heavy atom. The number of sulfone groups is 1. The average molecular weight is 647 g/mol. The molecule has 1 unspecified atom stereocenters. The summed E-state index contributed by atoms with van der Waals surface area (Å²) in [4.78, 5) is 30.4. The molecule has 242 valence electrons. The Balaban J connectivity index is 1.21. The molecule has 4 aromatic rings. The van der Waals surface area contributed by atoms with Gasteiger partial charge in [0.15, 0.2) is 11.2 Å². The van der Waals surface area contributed by atoms with E-state index in [-0.39, 0.29) is 23.8 Å². The summed E-state index contributed by atoms with van der Waals surface area (Å²) in [7, 11) is -2.97. The molecule has 13 nitrogen and oxygen atoms in total. The van der Waals surface area contributed by atoms with E-state index in [0.717, 1.165) is 56.8 Å². The van der Waals surface area contributed by atoms with Crippen LogP contribution in [0.1, 0.15) is 25.5 Å². The second-order valence-corrected chi connectivity index (χ2v) is 13.7. The minimum Gasteiger partial charge on any atom is -0.437 e. The highest BCUT2D eigenvalue weighted by molar-refractivity contribution is 7.90. The van der Waals surface area contributed by atoms with E-state index in [1.54, 1.807) is 30.6 Å². The molecule has 0 bridgehead atoms. The highest BCUT2D eigenvalue weighted by Crippen LogP contribution is 2.33. The summed E-state index contributed by atoms with van der Waals surface area (Å²) in [6.45, 7) is 8.01. The SMILES string of the molecule is C=CC(=O)Nc1cccc(Oc2nc(Nc3ccc(N4CCN(CCS(C)(=O)=O)CC4)cc3)nc3c2ncn3C2CCCCO2)c1. The first-order valence-corrected chi connectivity index (χ1v) is 17.4. The fraction of sp³-hybridized carbons (Fsp3) is 0.375. The predicted octanol–water partition coefficient (Wildman–Crippen LogP) is 4.35. The predicted molar refractivity (Wildman–Crippen MR) is 178 cm³/mol. The van der Waals surface area contributed by atoms with E-state index in [2.05, 4.69) is 37.0 Å². The van der Waals surface area contributed by atoms with Crippen molar-refractivity contribution >= 4 is 49.9 Å². The van der Waals surface area contributed by atoms with Gasteiger partial charge in [0, 0.05) is 68.7 Å². The van der Waals surface area contributed by atoms with E-state index < -0.39 is 9.84 Å². The number of ether oxygens (including phenoxy) is 2. The zero-order chi connectivity index (χ0) is 32.1. The van der Waals surface area contributed by atoms with Crippen molar-refractivity contribution in [3.8, 4) is 11.6 Å². The van der Waals surface area contributed by atoms with Crippen LogP contribution in [0.15, 0.2) is 67.5 Å². The largest absolute Gasteiger partial charge is 0.437 e. The maximum absolute atomic E-state index is 11.8. The second-order valence-electron chi connectivity index (χ2n) is 11.5. The number of nitrogens with zero attached hydrogens (tertiary/aromatic N) is 6. The van der Waals surface area contributed by atoms with Gasteiger partial charge in [0.05, 0.1) is 12.1 Å². The first-order valence-electron chi connectivity index (χ1n) is 15.3. The van der Waals surface area contributed by atoms with Crippen LogP contribution in [-0.2, 0) is 19.4 Å². The van der Waals surface area contributed by atoms with Crippen LogP contribution >= 0.6 is 0 Å². The lowest BCUT2D eigenvalue weighted by Gasteiger charge is -2.36. The molecule has 2 fully saturated rings. The van der Waals surface area contributed by atoms with E-state index in [1.807, 2.05) is 28.8 Å². The number of amides is 1. The van der Waals surface area contributed by atoms with Crippen molar-refractivity contribution in [2.45, 2.75) is 25.5 Å². The number of rotatable bonds is 11. The zero-order valence-corrected chi connectivity index (χ0v) is 26.6. The molecule has 2 aromatic heterocycles. The molecule has 0 radical (unpaired) electrons. The molecular weight excluding hydrogens is 608 g/mol. The number of benzene rings is 2. The fourth-order valence-electron chi connectivity index (χ4n) is 5.52. The third-order valence-corrected chi connectivity index (χ3v) is 8.92. The quantitative estimate of drug-likeness (QED) is 0.225. The number of nitrogens with one attached hydrogen (secondary N) is 2. The Bertz CT molecular complexity index is 1800. The van der Waals surface area contributed by atoms with Crippen LogP contribution in [0, 0.1) is 0 Å². The Labute approximate surface area is 268 Å². The normalized spacial score (nSPS) is 17.5. The third kappa shape index (κ3) is 7.81. The Morgan fingerprint density at radius 1 is 1.09 bits per heavy atom. The van der Waals surface area contributed by atoms with Crippen LogP contribution in [0.5, 0.6) is 11.6 Å². The Hall–Kier alpha value is -4.53. The summed E-state index contributed by atoms with van der Waals surface area (Å²) in [5.74, 6) is 0.931. The minimum absolute atomic E-state index is 0.182. The van der Waals surface area contributed by atoms with E-state index in [4.69, 9.17) is 14.5 Å². The van der Waals surface area contributed by atoms with Gasteiger partial charge in [-0.25, -0.2) is 13.4 Å². The lowest BCUT2D eigenvalue weighted by atomic mass is 10.2. The molecular formula is C32H38N8O5S. The molecule has 2 aliphatic rings. The maximum Gasteiger partial charge on any atom is 0.252 e. The van der Waals surface area contributed by atoms with Crippen LogP contribution in [0.4, 0.5) is 23.0 Å². The molecule has 14 heteroatoms. The van der Waals surface area contributed by atoms with E-state index in [0.29, 0.717) is 41.7 Å². The fourth-order valence-corrected chi connectivity index (χ4v) is 6.11. The molecule has 0 aliphatic carbocycles. The van der Waals surface area contributed by atoms with Gasteiger partial charge in [0.25, 0.3) is 5.88 Å². The monoisotopic (exact) mass is 646 g/mol. The number of carbonyl (C=O) groups is 1. The lowest BCUT2D eigenvalue weighted by Crippen LogP contribution is -2.47. The number of hydrogen-bond donors (Lipinski definition) is 2. The average Bonchev–Trinajstić information content (AvgIpc) is 3.49. The van der Waals surface area contributed by atoms with E-state index in [9.17, 15) is 13.2 Å². The molecule has 4 heterocycles. The smallest absolute Gasteiger partial charge is 0.252 e. The standard InChI is InChI=1S/C32H38N8O5S/c1-3-27(41)34-24-7-6-8-26(21-24)45-31-29-30(40(22-33-29)28-9-4-5-19-44-28)36-32(37-31)35-23-10-12-25(13-11-23)39-16-14-38(15-17-39)18-20-46(2,42)43/h3,6-8,10-13,21-22,28H,1,4-5,9,14-20H2,2H3,(H,34,41)(H,35,36,37). The van der Waals surface area contributed by atoms with Gasteiger partial charge >= 0.3 is 0 Å². The van der Waals surface area contributed by atoms with Crippen LogP contribution < -0.4 is 20.3 Å². The van der Waals surface area contributed by atoms with Crippen LogP contribution in [0.3, 0.4) is 0 Å². The molecule has 1 atom stereocenters. The number of piperazine rings is 1. The van der Waals surface area contributed by atoms with Gasteiger partial charge in [-0.05, 0) is 61.7 Å². The summed E-state index contributed by atoms with van der Waals surface area (Å²) < 4.78 is 37.3. The molecule has 1 amide bonds. The van der Waals surface area contributed by atoms with Crippen LogP contribution in [0.2, 0.25) is 0 Å².